The summed E-state index contributed by atoms with van der Waals surface area (Å²) < 4.78 is 33.0. The number of nitrogens with zero attached hydrogens (tertiary/aromatic N) is 1. The van der Waals surface area contributed by atoms with Gasteiger partial charge in [0.1, 0.15) is 11.4 Å². The van der Waals surface area contributed by atoms with E-state index >= 15 is 0 Å². The standard InChI is InChI=1S/C21H30N4O3S/c1-21(2,3)28-19-13-9-8-10-17(19)16-24-20(22-4)23-14-15-25-29(26,27)18-11-6-5-7-12-18/h5-13,25H,14-16H2,1-4H3,(H2,22,23,24). The third-order valence-electron chi connectivity index (χ3n) is 3.82. The molecule has 0 atom stereocenters. The van der Waals surface area contributed by atoms with E-state index in [-0.39, 0.29) is 17.0 Å². The molecule has 158 valence electrons. The number of aliphatic imine (C=N–C) groups is 1. The number of para-hydroxylation sites is 1. The van der Waals surface area contributed by atoms with Crippen molar-refractivity contribution in [2.24, 2.45) is 4.99 Å². The summed E-state index contributed by atoms with van der Waals surface area (Å²) in [5.41, 5.74) is 0.724. The van der Waals surface area contributed by atoms with Gasteiger partial charge in [0, 0.05) is 32.2 Å². The quantitative estimate of drug-likeness (QED) is 0.348. The van der Waals surface area contributed by atoms with Crippen LogP contribution in [0.2, 0.25) is 0 Å². The van der Waals surface area contributed by atoms with Gasteiger partial charge in [0.15, 0.2) is 5.96 Å². The lowest BCUT2D eigenvalue weighted by Gasteiger charge is -2.23. The second kappa shape index (κ2) is 10.3. The minimum Gasteiger partial charge on any atom is -0.488 e. The molecule has 0 aliphatic carbocycles. The van der Waals surface area contributed by atoms with Crippen LogP contribution in [0.4, 0.5) is 0 Å². The minimum atomic E-state index is -3.51. The molecule has 0 aliphatic rings. The average Bonchev–Trinajstić information content (AvgIpc) is 2.68. The van der Waals surface area contributed by atoms with E-state index in [1.165, 1.54) is 0 Å². The SMILES string of the molecule is CN=C(NCCNS(=O)(=O)c1ccccc1)NCc1ccccc1OC(C)(C)C. The highest BCUT2D eigenvalue weighted by atomic mass is 32.2. The summed E-state index contributed by atoms with van der Waals surface area (Å²) >= 11 is 0. The van der Waals surface area contributed by atoms with Crippen molar-refractivity contribution < 1.29 is 13.2 Å². The zero-order valence-corrected chi connectivity index (χ0v) is 18.2. The van der Waals surface area contributed by atoms with E-state index in [0.717, 1.165) is 11.3 Å². The Morgan fingerprint density at radius 3 is 2.28 bits per heavy atom. The molecule has 2 rings (SSSR count). The van der Waals surface area contributed by atoms with E-state index in [1.54, 1.807) is 37.4 Å². The van der Waals surface area contributed by atoms with Crippen LogP contribution in [0.3, 0.4) is 0 Å². The molecule has 8 heteroatoms. The number of hydrogen-bond donors (Lipinski definition) is 3. The maximum absolute atomic E-state index is 12.2. The van der Waals surface area contributed by atoms with Gasteiger partial charge >= 0.3 is 0 Å². The van der Waals surface area contributed by atoms with Crippen LogP contribution in [0.15, 0.2) is 64.5 Å². The average molecular weight is 419 g/mol. The Hall–Kier alpha value is -2.58. The van der Waals surface area contributed by atoms with Crippen LogP contribution in [-0.4, -0.2) is 40.1 Å². The van der Waals surface area contributed by atoms with Crippen LogP contribution in [0.25, 0.3) is 0 Å². The molecule has 0 unspecified atom stereocenters. The molecule has 3 N–H and O–H groups in total. The van der Waals surface area contributed by atoms with Gasteiger partial charge in [-0.05, 0) is 39.0 Å². The summed E-state index contributed by atoms with van der Waals surface area (Å²) in [5, 5.41) is 6.33. The number of benzene rings is 2. The van der Waals surface area contributed by atoms with Crippen molar-refractivity contribution in [2.45, 2.75) is 37.8 Å². The van der Waals surface area contributed by atoms with Crippen molar-refractivity contribution >= 4 is 16.0 Å². The number of nitrogens with one attached hydrogen (secondary N) is 3. The molecule has 0 saturated heterocycles. The molecule has 2 aromatic rings. The maximum Gasteiger partial charge on any atom is 0.240 e. The molecular weight excluding hydrogens is 388 g/mol. The Morgan fingerprint density at radius 1 is 0.966 bits per heavy atom. The molecule has 0 radical (unpaired) electrons. The van der Waals surface area contributed by atoms with Gasteiger partial charge in [0.25, 0.3) is 0 Å². The summed E-state index contributed by atoms with van der Waals surface area (Å²) in [6, 6.07) is 16.1. The summed E-state index contributed by atoms with van der Waals surface area (Å²) in [7, 11) is -1.84. The van der Waals surface area contributed by atoms with Gasteiger partial charge < -0.3 is 15.4 Å². The lowest BCUT2D eigenvalue weighted by atomic mass is 10.1. The highest BCUT2D eigenvalue weighted by molar-refractivity contribution is 7.89. The fraction of sp³-hybridized carbons (Fsp3) is 0.381. The highest BCUT2D eigenvalue weighted by Gasteiger charge is 2.15. The number of sulfonamides is 1. The van der Waals surface area contributed by atoms with Gasteiger partial charge in [-0.15, -0.1) is 0 Å². The first-order valence-corrected chi connectivity index (χ1v) is 11.0. The molecule has 29 heavy (non-hydrogen) atoms. The first-order chi connectivity index (χ1) is 13.7. The second-order valence-corrected chi connectivity index (χ2v) is 9.15. The highest BCUT2D eigenvalue weighted by Crippen LogP contribution is 2.22. The topological polar surface area (TPSA) is 91.8 Å². The van der Waals surface area contributed by atoms with E-state index in [2.05, 4.69) is 20.3 Å². The monoisotopic (exact) mass is 418 g/mol. The fourth-order valence-electron chi connectivity index (χ4n) is 2.53. The van der Waals surface area contributed by atoms with Crippen LogP contribution in [0.1, 0.15) is 26.3 Å². The Kier molecular flexibility index (Phi) is 8.04. The third-order valence-corrected chi connectivity index (χ3v) is 5.30. The van der Waals surface area contributed by atoms with Crippen molar-refractivity contribution in [1.29, 1.82) is 0 Å². The summed E-state index contributed by atoms with van der Waals surface area (Å²) in [6.45, 7) is 7.19. The molecule has 0 heterocycles. The molecule has 0 fully saturated rings. The molecule has 0 spiro atoms. The Labute approximate surface area is 173 Å². The van der Waals surface area contributed by atoms with Gasteiger partial charge in [0.2, 0.25) is 10.0 Å². The molecule has 0 aromatic heterocycles. The largest absolute Gasteiger partial charge is 0.488 e. The van der Waals surface area contributed by atoms with E-state index in [0.29, 0.717) is 19.0 Å². The van der Waals surface area contributed by atoms with E-state index < -0.39 is 10.0 Å². The van der Waals surface area contributed by atoms with E-state index in [4.69, 9.17) is 4.74 Å². The summed E-state index contributed by atoms with van der Waals surface area (Å²) in [4.78, 5) is 4.42. The first kappa shape index (κ1) is 22.7. The third kappa shape index (κ3) is 7.75. The molecule has 0 bridgehead atoms. The van der Waals surface area contributed by atoms with Gasteiger partial charge in [0.05, 0.1) is 4.90 Å². The number of ether oxygens (including phenoxy) is 1. The molecule has 0 amide bonds. The van der Waals surface area contributed by atoms with Crippen LogP contribution < -0.4 is 20.1 Å². The van der Waals surface area contributed by atoms with Gasteiger partial charge in [-0.3, -0.25) is 4.99 Å². The summed E-state index contributed by atoms with van der Waals surface area (Å²) in [5.74, 6) is 1.40. The predicted molar refractivity (Wildman–Crippen MR) is 117 cm³/mol. The van der Waals surface area contributed by atoms with Gasteiger partial charge in [-0.25, -0.2) is 13.1 Å². The van der Waals surface area contributed by atoms with Crippen LogP contribution in [0, 0.1) is 0 Å². The molecule has 0 aliphatic heterocycles. The Morgan fingerprint density at radius 2 is 1.62 bits per heavy atom. The lowest BCUT2D eigenvalue weighted by molar-refractivity contribution is 0.129. The van der Waals surface area contributed by atoms with Crippen LogP contribution >= 0.6 is 0 Å². The number of rotatable bonds is 8. The first-order valence-electron chi connectivity index (χ1n) is 9.47. The van der Waals surface area contributed by atoms with Crippen molar-refractivity contribution in [3.63, 3.8) is 0 Å². The Bertz CT molecular complexity index is 907. The van der Waals surface area contributed by atoms with Crippen molar-refractivity contribution in [3.8, 4) is 5.75 Å². The van der Waals surface area contributed by atoms with E-state index in [1.807, 2.05) is 45.0 Å². The summed E-state index contributed by atoms with van der Waals surface area (Å²) in [6.07, 6.45) is 0. The van der Waals surface area contributed by atoms with Gasteiger partial charge in [-0.2, -0.15) is 0 Å². The molecule has 7 nitrogen and oxygen atoms in total. The zero-order chi connectivity index (χ0) is 21.3. The maximum atomic E-state index is 12.2. The molecule has 2 aromatic carbocycles. The zero-order valence-electron chi connectivity index (χ0n) is 17.4. The van der Waals surface area contributed by atoms with Crippen molar-refractivity contribution in [2.75, 3.05) is 20.1 Å². The van der Waals surface area contributed by atoms with Crippen LogP contribution in [0.5, 0.6) is 5.75 Å². The number of hydrogen-bond acceptors (Lipinski definition) is 4. The lowest BCUT2D eigenvalue weighted by Crippen LogP contribution is -2.41. The minimum absolute atomic E-state index is 0.238. The second-order valence-electron chi connectivity index (χ2n) is 7.39. The van der Waals surface area contributed by atoms with E-state index in [9.17, 15) is 8.42 Å². The predicted octanol–water partition coefficient (Wildman–Crippen LogP) is 2.51. The number of guanidine groups is 1. The van der Waals surface area contributed by atoms with Gasteiger partial charge in [-0.1, -0.05) is 36.4 Å². The fourth-order valence-corrected chi connectivity index (χ4v) is 3.58. The Balaban J connectivity index is 1.83. The van der Waals surface area contributed by atoms with Crippen molar-refractivity contribution in [1.82, 2.24) is 15.4 Å². The smallest absolute Gasteiger partial charge is 0.240 e. The van der Waals surface area contributed by atoms with Crippen LogP contribution in [-0.2, 0) is 16.6 Å². The molecule has 0 saturated carbocycles. The molecular formula is C21H30N4O3S. The normalized spacial score (nSPS) is 12.5. The van der Waals surface area contributed by atoms with Crippen molar-refractivity contribution in [3.05, 3.63) is 60.2 Å².